The van der Waals surface area contributed by atoms with Crippen LogP contribution in [-0.2, 0) is 19.2 Å². The fraction of sp³-hybridized carbons (Fsp3) is 0.0769. The molecular formula is C13H20O8. The molecule has 0 bridgehead atoms. The van der Waals surface area contributed by atoms with E-state index in [1.54, 1.807) is 0 Å². The van der Waals surface area contributed by atoms with E-state index in [0.29, 0.717) is 0 Å². The Balaban J connectivity index is -0.0000000533. The lowest BCUT2D eigenvalue weighted by Crippen LogP contribution is -1.82. The number of carbonyl (C=O) groups is 4. The van der Waals surface area contributed by atoms with Gasteiger partial charge in [-0.2, -0.15) is 0 Å². The molecule has 0 amide bonds. The summed E-state index contributed by atoms with van der Waals surface area (Å²) in [4.78, 5) is 37.0. The van der Waals surface area contributed by atoms with Crippen molar-refractivity contribution in [1.82, 2.24) is 0 Å². The van der Waals surface area contributed by atoms with Gasteiger partial charge in [-0.3, -0.25) is 0 Å². The molecule has 0 spiro atoms. The summed E-state index contributed by atoms with van der Waals surface area (Å²) in [5.74, 6) is -3.93. The van der Waals surface area contributed by atoms with E-state index in [-0.39, 0.29) is 7.43 Å². The maximum Gasteiger partial charge on any atom is 0.327 e. The van der Waals surface area contributed by atoms with Crippen molar-refractivity contribution in [3.63, 3.8) is 0 Å². The van der Waals surface area contributed by atoms with Crippen molar-refractivity contribution in [2.24, 2.45) is 0 Å². The Bertz CT molecular complexity index is 296. The molecule has 0 aromatic heterocycles. The number of hydrogen-bond donors (Lipinski definition) is 4. The largest absolute Gasteiger partial charge is 0.478 e. The number of carboxylic acid groups (broad SMARTS) is 4. The van der Waals surface area contributed by atoms with E-state index in [0.717, 1.165) is 24.3 Å². The van der Waals surface area contributed by atoms with Gasteiger partial charge >= 0.3 is 23.9 Å². The maximum absolute atomic E-state index is 9.25. The molecule has 8 nitrogen and oxygen atoms in total. The minimum atomic E-state index is -0.981. The van der Waals surface area contributed by atoms with Crippen LogP contribution in [0.5, 0.6) is 0 Å². The zero-order valence-electron chi connectivity index (χ0n) is 10.6. The molecule has 0 radical (unpaired) electrons. The summed E-state index contributed by atoms with van der Waals surface area (Å²) in [5.41, 5.74) is 0. The zero-order valence-corrected chi connectivity index (χ0v) is 10.6. The Labute approximate surface area is 122 Å². The summed E-state index contributed by atoms with van der Waals surface area (Å²) in [5, 5.41) is 30.4. The molecule has 0 saturated heterocycles. The van der Waals surface area contributed by atoms with E-state index < -0.39 is 23.9 Å². The second-order valence-electron chi connectivity index (χ2n) is 2.17. The second-order valence-corrected chi connectivity index (χ2v) is 2.17. The third-order valence-electron chi connectivity index (χ3n) is 0.698. The van der Waals surface area contributed by atoms with Crippen LogP contribution >= 0.6 is 0 Å². The SMILES string of the molecule is C.C=CC(=O)O.C=CC(=O)O.C=CC(=O)O.C=CC(=O)O. The van der Waals surface area contributed by atoms with Crippen LogP contribution in [0.15, 0.2) is 50.6 Å². The van der Waals surface area contributed by atoms with Gasteiger partial charge in [0, 0.05) is 24.3 Å². The van der Waals surface area contributed by atoms with Crippen molar-refractivity contribution in [2.45, 2.75) is 7.43 Å². The summed E-state index contributed by atoms with van der Waals surface area (Å²) >= 11 is 0. The highest BCUT2D eigenvalue weighted by Gasteiger charge is 1.74. The van der Waals surface area contributed by atoms with Crippen molar-refractivity contribution >= 4 is 23.9 Å². The Morgan fingerprint density at radius 2 is 0.571 bits per heavy atom. The molecule has 0 unspecified atom stereocenters. The molecule has 0 saturated carbocycles. The van der Waals surface area contributed by atoms with Gasteiger partial charge in [0.1, 0.15) is 0 Å². The van der Waals surface area contributed by atoms with E-state index in [1.165, 1.54) is 0 Å². The third kappa shape index (κ3) is 158. The van der Waals surface area contributed by atoms with Crippen molar-refractivity contribution in [3.8, 4) is 0 Å². The fourth-order valence-electron chi connectivity index (χ4n) is 0. The first-order valence-corrected chi connectivity index (χ1v) is 4.50. The molecule has 0 fully saturated rings. The summed E-state index contributed by atoms with van der Waals surface area (Å²) in [7, 11) is 0. The first kappa shape index (κ1) is 30.7. The molecule has 120 valence electrons. The average molecular weight is 304 g/mol. The lowest BCUT2D eigenvalue weighted by atomic mass is 10.7. The van der Waals surface area contributed by atoms with E-state index >= 15 is 0 Å². The monoisotopic (exact) mass is 304 g/mol. The van der Waals surface area contributed by atoms with Crippen molar-refractivity contribution in [3.05, 3.63) is 50.6 Å². The van der Waals surface area contributed by atoms with Crippen LogP contribution in [0.4, 0.5) is 0 Å². The van der Waals surface area contributed by atoms with Gasteiger partial charge in [-0.1, -0.05) is 33.7 Å². The molecule has 0 heterocycles. The van der Waals surface area contributed by atoms with Crippen molar-refractivity contribution < 1.29 is 39.6 Å². The standard InChI is InChI=1S/4C3H4O2.CH4/c4*1-2-3(4)5;/h4*2H,1H2,(H,4,5);1H4. The smallest absolute Gasteiger partial charge is 0.327 e. The van der Waals surface area contributed by atoms with Gasteiger partial charge in [-0.15, -0.1) is 0 Å². The van der Waals surface area contributed by atoms with Gasteiger partial charge in [-0.25, -0.2) is 19.2 Å². The predicted molar refractivity (Wildman–Crippen MR) is 78.1 cm³/mol. The minimum Gasteiger partial charge on any atom is -0.478 e. The highest BCUT2D eigenvalue weighted by atomic mass is 16.4. The van der Waals surface area contributed by atoms with E-state index in [9.17, 15) is 19.2 Å². The molecule has 0 aliphatic rings. The second kappa shape index (κ2) is 25.6. The number of aliphatic carboxylic acids is 4. The van der Waals surface area contributed by atoms with Gasteiger partial charge in [0.25, 0.3) is 0 Å². The summed E-state index contributed by atoms with van der Waals surface area (Å²) in [6, 6.07) is 0. The average Bonchev–Trinajstić information content (AvgIpc) is 2.40. The molecule has 0 aromatic carbocycles. The summed E-state index contributed by atoms with van der Waals surface area (Å²) in [6.07, 6.45) is 3.33. The Morgan fingerprint density at radius 1 is 0.524 bits per heavy atom. The molecule has 4 N–H and O–H groups in total. The lowest BCUT2D eigenvalue weighted by Gasteiger charge is -1.64. The highest BCUT2D eigenvalue weighted by Crippen LogP contribution is 1.56. The quantitative estimate of drug-likeness (QED) is 0.573. The van der Waals surface area contributed by atoms with Gasteiger partial charge in [0.05, 0.1) is 0 Å². The van der Waals surface area contributed by atoms with E-state index in [4.69, 9.17) is 20.4 Å². The molecule has 0 atom stereocenters. The summed E-state index contributed by atoms with van der Waals surface area (Å²) in [6.45, 7) is 11.8. The van der Waals surface area contributed by atoms with Crippen LogP contribution in [0.1, 0.15) is 7.43 Å². The number of hydrogen-bond acceptors (Lipinski definition) is 4. The normalized spacial score (nSPS) is 6.10. The molecule has 0 aliphatic heterocycles. The van der Waals surface area contributed by atoms with Crippen molar-refractivity contribution in [2.75, 3.05) is 0 Å². The van der Waals surface area contributed by atoms with Gasteiger partial charge in [0.2, 0.25) is 0 Å². The zero-order chi connectivity index (χ0) is 17.1. The van der Waals surface area contributed by atoms with Crippen LogP contribution in [0.2, 0.25) is 0 Å². The lowest BCUT2D eigenvalue weighted by molar-refractivity contribution is -0.132. The first-order chi connectivity index (χ1) is 9.08. The molecular weight excluding hydrogens is 284 g/mol. The Morgan fingerprint density at radius 3 is 0.571 bits per heavy atom. The predicted octanol–water partition coefficient (Wildman–Crippen LogP) is 1.66. The van der Waals surface area contributed by atoms with Gasteiger partial charge < -0.3 is 20.4 Å². The molecule has 8 heteroatoms. The molecule has 0 rings (SSSR count). The van der Waals surface area contributed by atoms with Gasteiger partial charge in [0.15, 0.2) is 0 Å². The molecule has 0 aliphatic carbocycles. The Hall–Kier alpha value is -3.16. The van der Waals surface area contributed by atoms with Crippen LogP contribution in [0, 0.1) is 0 Å². The highest BCUT2D eigenvalue weighted by molar-refractivity contribution is 5.79. The van der Waals surface area contributed by atoms with Crippen LogP contribution < -0.4 is 0 Å². The first-order valence-electron chi connectivity index (χ1n) is 4.50. The third-order valence-corrected chi connectivity index (χ3v) is 0.698. The van der Waals surface area contributed by atoms with Gasteiger partial charge in [-0.05, 0) is 0 Å². The molecule has 0 aromatic rings. The van der Waals surface area contributed by atoms with Crippen LogP contribution in [0.3, 0.4) is 0 Å². The summed E-state index contributed by atoms with van der Waals surface area (Å²) < 4.78 is 0. The minimum absolute atomic E-state index is 0. The number of rotatable bonds is 4. The van der Waals surface area contributed by atoms with E-state index in [2.05, 4.69) is 26.3 Å². The van der Waals surface area contributed by atoms with E-state index in [1.807, 2.05) is 0 Å². The number of carboxylic acids is 4. The Kier molecular flexibility index (Phi) is 37.5. The molecule has 21 heavy (non-hydrogen) atoms. The van der Waals surface area contributed by atoms with Crippen LogP contribution in [0.25, 0.3) is 0 Å². The van der Waals surface area contributed by atoms with Crippen LogP contribution in [-0.4, -0.2) is 44.3 Å². The topological polar surface area (TPSA) is 149 Å². The maximum atomic E-state index is 9.25. The fourth-order valence-corrected chi connectivity index (χ4v) is 0. The van der Waals surface area contributed by atoms with Crippen molar-refractivity contribution in [1.29, 1.82) is 0 Å².